The van der Waals surface area contributed by atoms with E-state index in [0.717, 1.165) is 5.56 Å². The van der Waals surface area contributed by atoms with Gasteiger partial charge in [0, 0.05) is 6.04 Å². The highest BCUT2D eigenvalue weighted by molar-refractivity contribution is 7.89. The van der Waals surface area contributed by atoms with E-state index in [1.165, 1.54) is 19.2 Å². The number of halogens is 2. The molecule has 3 rings (SSSR count). The Morgan fingerprint density at radius 3 is 2.46 bits per heavy atom. The minimum atomic E-state index is -3.90. The van der Waals surface area contributed by atoms with Crippen molar-refractivity contribution in [1.82, 2.24) is 4.72 Å². The van der Waals surface area contributed by atoms with E-state index in [0.29, 0.717) is 30.5 Å². The molecule has 0 fully saturated rings. The number of ether oxygens (including phenoxy) is 3. The lowest BCUT2D eigenvalue weighted by molar-refractivity contribution is 0.171. The highest BCUT2D eigenvalue weighted by atomic mass is 35.5. The summed E-state index contributed by atoms with van der Waals surface area (Å²) in [6, 6.07) is 7.58. The minimum absolute atomic E-state index is 0.0454. The maximum Gasteiger partial charge on any atom is 0.242 e. The fourth-order valence-corrected chi connectivity index (χ4v) is 4.65. The van der Waals surface area contributed by atoms with Crippen LogP contribution in [0.4, 0.5) is 0 Å². The van der Waals surface area contributed by atoms with Gasteiger partial charge in [0.05, 0.1) is 12.1 Å². The summed E-state index contributed by atoms with van der Waals surface area (Å²) in [6.45, 7) is 2.67. The number of hydrogen-bond acceptors (Lipinski definition) is 5. The first-order valence-electron chi connectivity index (χ1n) is 7.77. The Morgan fingerprint density at radius 2 is 1.77 bits per heavy atom. The number of hydrogen-bond donors (Lipinski definition) is 1. The molecule has 2 aromatic carbocycles. The molecular weight excluding hydrogens is 401 g/mol. The maximum atomic E-state index is 12.7. The smallest absolute Gasteiger partial charge is 0.242 e. The topological polar surface area (TPSA) is 73.9 Å². The van der Waals surface area contributed by atoms with Gasteiger partial charge in [0.15, 0.2) is 11.5 Å². The SMILES string of the molecule is COc1ccc(S(=O)(=O)N[C@@H](C)c2ccc3c(c2)OCCO3)c(Cl)c1Cl. The lowest BCUT2D eigenvalue weighted by Gasteiger charge is -2.21. The molecule has 140 valence electrons. The van der Waals surface area contributed by atoms with Gasteiger partial charge in [-0.3, -0.25) is 0 Å². The van der Waals surface area contributed by atoms with Crippen molar-refractivity contribution in [1.29, 1.82) is 0 Å². The molecule has 1 aliphatic heterocycles. The summed E-state index contributed by atoms with van der Waals surface area (Å²) in [5.41, 5.74) is 0.730. The second-order valence-electron chi connectivity index (χ2n) is 5.64. The van der Waals surface area contributed by atoms with Gasteiger partial charge < -0.3 is 14.2 Å². The molecule has 0 aromatic heterocycles. The largest absolute Gasteiger partial charge is 0.495 e. The van der Waals surface area contributed by atoms with E-state index in [1.54, 1.807) is 25.1 Å². The molecule has 1 aliphatic rings. The summed E-state index contributed by atoms with van der Waals surface area (Å²) < 4.78 is 44.1. The van der Waals surface area contributed by atoms with Gasteiger partial charge >= 0.3 is 0 Å². The van der Waals surface area contributed by atoms with Crippen LogP contribution in [-0.4, -0.2) is 28.7 Å². The van der Waals surface area contributed by atoms with Crippen LogP contribution in [0.3, 0.4) is 0 Å². The normalized spacial score (nSPS) is 14.8. The maximum absolute atomic E-state index is 12.7. The van der Waals surface area contributed by atoms with Crippen molar-refractivity contribution in [2.24, 2.45) is 0 Å². The molecule has 26 heavy (non-hydrogen) atoms. The van der Waals surface area contributed by atoms with Crippen LogP contribution in [0.1, 0.15) is 18.5 Å². The van der Waals surface area contributed by atoms with Gasteiger partial charge in [0.2, 0.25) is 10.0 Å². The van der Waals surface area contributed by atoms with Crippen molar-refractivity contribution in [3.63, 3.8) is 0 Å². The van der Waals surface area contributed by atoms with Crippen molar-refractivity contribution < 1.29 is 22.6 Å². The van der Waals surface area contributed by atoms with Crippen molar-refractivity contribution >= 4 is 33.2 Å². The summed E-state index contributed by atoms with van der Waals surface area (Å²) in [4.78, 5) is -0.116. The quantitative estimate of drug-likeness (QED) is 0.800. The molecule has 1 atom stereocenters. The highest BCUT2D eigenvalue weighted by Crippen LogP contribution is 2.37. The minimum Gasteiger partial charge on any atom is -0.495 e. The first-order valence-corrected chi connectivity index (χ1v) is 10.0. The van der Waals surface area contributed by atoms with Crippen LogP contribution >= 0.6 is 23.2 Å². The number of fused-ring (bicyclic) bond motifs is 1. The molecule has 0 saturated heterocycles. The predicted molar refractivity (Wildman–Crippen MR) is 99.2 cm³/mol. The molecular formula is C17H17Cl2NO5S. The Morgan fingerprint density at radius 1 is 1.08 bits per heavy atom. The third kappa shape index (κ3) is 3.71. The predicted octanol–water partition coefficient (Wildman–Crippen LogP) is 3.81. The lowest BCUT2D eigenvalue weighted by Crippen LogP contribution is -2.27. The Bertz CT molecular complexity index is 933. The summed E-state index contributed by atoms with van der Waals surface area (Å²) >= 11 is 12.2. The van der Waals surface area contributed by atoms with Gasteiger partial charge in [-0.1, -0.05) is 29.3 Å². The molecule has 0 spiro atoms. The number of methoxy groups -OCH3 is 1. The van der Waals surface area contributed by atoms with Gasteiger partial charge in [0.25, 0.3) is 0 Å². The van der Waals surface area contributed by atoms with E-state index in [4.69, 9.17) is 37.4 Å². The van der Waals surface area contributed by atoms with Gasteiger partial charge in [-0.25, -0.2) is 13.1 Å². The summed E-state index contributed by atoms with van der Waals surface area (Å²) in [5, 5.41) is -0.0445. The van der Waals surface area contributed by atoms with Crippen LogP contribution < -0.4 is 18.9 Å². The highest BCUT2D eigenvalue weighted by Gasteiger charge is 2.25. The number of nitrogens with one attached hydrogen (secondary N) is 1. The summed E-state index contributed by atoms with van der Waals surface area (Å²) in [5.74, 6) is 1.53. The molecule has 0 saturated carbocycles. The monoisotopic (exact) mass is 417 g/mol. The van der Waals surface area contributed by atoms with E-state index in [-0.39, 0.29) is 14.9 Å². The van der Waals surface area contributed by atoms with Crippen molar-refractivity contribution in [3.8, 4) is 17.2 Å². The second-order valence-corrected chi connectivity index (χ2v) is 8.08. The standard InChI is InChI=1S/C17H17Cl2NO5S/c1-10(11-3-4-12-14(9-11)25-8-7-24-12)20-26(21,22)15-6-5-13(23-2)16(18)17(15)19/h3-6,9-10,20H,7-8H2,1-2H3/t10-/m0/s1. The summed E-state index contributed by atoms with van der Waals surface area (Å²) in [6.07, 6.45) is 0. The third-order valence-corrected chi connectivity index (χ3v) is 6.48. The Kier molecular flexibility index (Phi) is 5.53. The second kappa shape index (κ2) is 7.52. The van der Waals surface area contributed by atoms with Crippen LogP contribution in [0.25, 0.3) is 0 Å². The molecule has 2 aromatic rings. The summed E-state index contributed by atoms with van der Waals surface area (Å²) in [7, 11) is -2.48. The van der Waals surface area contributed by atoms with Gasteiger partial charge in [-0.15, -0.1) is 0 Å². The zero-order valence-electron chi connectivity index (χ0n) is 14.1. The number of rotatable bonds is 5. The molecule has 9 heteroatoms. The van der Waals surface area contributed by atoms with E-state index in [1.807, 2.05) is 0 Å². The molecule has 0 aliphatic carbocycles. The molecule has 0 bridgehead atoms. The van der Waals surface area contributed by atoms with Crippen LogP contribution in [0.5, 0.6) is 17.2 Å². The van der Waals surface area contributed by atoms with Crippen LogP contribution in [0.15, 0.2) is 35.2 Å². The molecule has 0 radical (unpaired) electrons. The van der Waals surface area contributed by atoms with Crippen LogP contribution in [0.2, 0.25) is 10.0 Å². The fourth-order valence-electron chi connectivity index (χ4n) is 2.57. The van der Waals surface area contributed by atoms with Gasteiger partial charge in [0.1, 0.15) is 28.9 Å². The van der Waals surface area contributed by atoms with Gasteiger partial charge in [-0.05, 0) is 36.8 Å². The van der Waals surface area contributed by atoms with Crippen molar-refractivity contribution in [2.75, 3.05) is 20.3 Å². The molecule has 1 N–H and O–H groups in total. The van der Waals surface area contributed by atoms with E-state index in [2.05, 4.69) is 4.72 Å². The molecule has 6 nitrogen and oxygen atoms in total. The molecule has 0 unspecified atom stereocenters. The molecule has 0 amide bonds. The first kappa shape index (κ1) is 19.1. The zero-order chi connectivity index (χ0) is 18.9. The third-order valence-electron chi connectivity index (χ3n) is 3.92. The first-order chi connectivity index (χ1) is 12.3. The van der Waals surface area contributed by atoms with Crippen LogP contribution in [0, 0.1) is 0 Å². The van der Waals surface area contributed by atoms with Gasteiger partial charge in [-0.2, -0.15) is 0 Å². The molecule has 1 heterocycles. The average molecular weight is 418 g/mol. The van der Waals surface area contributed by atoms with E-state index < -0.39 is 16.1 Å². The van der Waals surface area contributed by atoms with E-state index in [9.17, 15) is 8.42 Å². The zero-order valence-corrected chi connectivity index (χ0v) is 16.4. The Hall–Kier alpha value is -1.67. The van der Waals surface area contributed by atoms with Crippen molar-refractivity contribution in [3.05, 3.63) is 45.9 Å². The number of sulfonamides is 1. The Balaban J connectivity index is 1.87. The lowest BCUT2D eigenvalue weighted by atomic mass is 10.1. The van der Waals surface area contributed by atoms with Crippen molar-refractivity contribution in [2.45, 2.75) is 17.9 Å². The Labute approximate surface area is 162 Å². The number of benzene rings is 2. The fraction of sp³-hybridized carbons (Fsp3) is 0.294. The van der Waals surface area contributed by atoms with Crippen LogP contribution in [-0.2, 0) is 10.0 Å². The van der Waals surface area contributed by atoms with E-state index >= 15 is 0 Å². The average Bonchev–Trinajstić information content (AvgIpc) is 2.62.